The summed E-state index contributed by atoms with van der Waals surface area (Å²) >= 11 is 0. The highest BCUT2D eigenvalue weighted by Crippen LogP contribution is 2.09. The van der Waals surface area contributed by atoms with E-state index in [1.807, 2.05) is 0 Å². The minimum atomic E-state index is -0.614. The number of alkyl carbamates (subject to hydrolysis) is 1. The summed E-state index contributed by atoms with van der Waals surface area (Å²) in [4.78, 5) is 23.2. The summed E-state index contributed by atoms with van der Waals surface area (Å²) in [6.07, 6.45) is -0.246. The second-order valence-corrected chi connectivity index (χ2v) is 5.50. The van der Waals surface area contributed by atoms with Crippen LogP contribution in [0.2, 0.25) is 0 Å². The third-order valence-corrected chi connectivity index (χ3v) is 2.56. The van der Waals surface area contributed by atoms with Gasteiger partial charge in [-0.2, -0.15) is 0 Å². The minimum absolute atomic E-state index is 0.0712. The quantitative estimate of drug-likeness (QED) is 0.717. The molecule has 0 spiro atoms. The lowest BCUT2D eigenvalue weighted by Gasteiger charge is -2.19. The van der Waals surface area contributed by atoms with Crippen LogP contribution < -0.4 is 5.32 Å². The number of nitrogens with zero attached hydrogens (tertiary/aromatic N) is 3. The maximum atomic E-state index is 11.6. The molecule has 0 fully saturated rings. The van der Waals surface area contributed by atoms with Gasteiger partial charge < -0.3 is 19.9 Å². The molecule has 9 heteroatoms. The Hall–Kier alpha value is -2.16. The van der Waals surface area contributed by atoms with E-state index in [1.165, 1.54) is 11.8 Å². The Morgan fingerprint density at radius 1 is 1.36 bits per heavy atom. The highest BCUT2D eigenvalue weighted by molar-refractivity contribution is 5.88. The number of hydrogen-bond donors (Lipinski definition) is 2. The average Bonchev–Trinajstić information content (AvgIpc) is 2.79. The molecule has 1 aromatic heterocycles. The largest absolute Gasteiger partial charge is 0.464 e. The number of esters is 1. The molecule has 0 aliphatic carbocycles. The van der Waals surface area contributed by atoms with E-state index in [0.29, 0.717) is 12.1 Å². The predicted octanol–water partition coefficient (Wildman–Crippen LogP) is 0.124. The molecular weight excluding hydrogens is 292 g/mol. The zero-order valence-electron chi connectivity index (χ0n) is 13.3. The zero-order valence-corrected chi connectivity index (χ0v) is 13.3. The second-order valence-electron chi connectivity index (χ2n) is 5.50. The van der Waals surface area contributed by atoms with Crippen molar-refractivity contribution in [3.8, 4) is 0 Å². The van der Waals surface area contributed by atoms with Gasteiger partial charge in [-0.15, -0.1) is 5.10 Å². The van der Waals surface area contributed by atoms with Crippen molar-refractivity contribution in [2.24, 2.45) is 0 Å². The van der Waals surface area contributed by atoms with Crippen molar-refractivity contribution in [1.82, 2.24) is 20.3 Å². The van der Waals surface area contributed by atoms with Gasteiger partial charge in [0.25, 0.3) is 0 Å². The van der Waals surface area contributed by atoms with Crippen molar-refractivity contribution >= 4 is 12.1 Å². The molecule has 124 valence electrons. The molecule has 0 aromatic carbocycles. The fourth-order valence-corrected chi connectivity index (χ4v) is 1.71. The van der Waals surface area contributed by atoms with E-state index in [1.54, 1.807) is 20.8 Å². The molecule has 0 aliphatic heterocycles. The maximum Gasteiger partial charge on any atom is 0.407 e. The van der Waals surface area contributed by atoms with Crippen LogP contribution in [0.25, 0.3) is 0 Å². The van der Waals surface area contributed by atoms with Crippen molar-refractivity contribution in [2.75, 3.05) is 20.3 Å². The van der Waals surface area contributed by atoms with E-state index in [4.69, 9.17) is 9.84 Å². The van der Waals surface area contributed by atoms with Crippen LogP contribution in [0, 0.1) is 0 Å². The Balaban J connectivity index is 2.69. The van der Waals surface area contributed by atoms with Gasteiger partial charge in [-0.1, -0.05) is 5.21 Å². The lowest BCUT2D eigenvalue weighted by atomic mass is 10.2. The molecule has 0 saturated carbocycles. The molecule has 0 bridgehead atoms. The van der Waals surface area contributed by atoms with Crippen LogP contribution in [0.5, 0.6) is 0 Å². The number of hydrogen-bond acceptors (Lipinski definition) is 7. The third kappa shape index (κ3) is 5.32. The summed E-state index contributed by atoms with van der Waals surface area (Å²) in [6, 6.07) is 0. The van der Waals surface area contributed by atoms with Crippen molar-refractivity contribution in [3.63, 3.8) is 0 Å². The number of carbonyl (C=O) groups is 2. The van der Waals surface area contributed by atoms with Gasteiger partial charge in [0, 0.05) is 13.0 Å². The van der Waals surface area contributed by atoms with Crippen molar-refractivity contribution in [1.29, 1.82) is 0 Å². The topological polar surface area (TPSA) is 116 Å². The van der Waals surface area contributed by atoms with Crippen LogP contribution in [0.4, 0.5) is 4.79 Å². The number of rotatable bonds is 6. The molecule has 0 aliphatic rings. The number of methoxy groups -OCH3 is 1. The summed E-state index contributed by atoms with van der Waals surface area (Å²) in [6.45, 7) is 5.59. The smallest absolute Gasteiger partial charge is 0.407 e. The van der Waals surface area contributed by atoms with Gasteiger partial charge in [-0.05, 0) is 20.8 Å². The van der Waals surface area contributed by atoms with Crippen LogP contribution in [0.3, 0.4) is 0 Å². The van der Waals surface area contributed by atoms with Gasteiger partial charge >= 0.3 is 12.1 Å². The summed E-state index contributed by atoms with van der Waals surface area (Å²) in [5.41, 5.74) is -0.0273. The fraction of sp³-hybridized carbons (Fsp3) is 0.692. The molecule has 2 N–H and O–H groups in total. The van der Waals surface area contributed by atoms with E-state index < -0.39 is 17.7 Å². The molecule has 0 saturated heterocycles. The standard InChI is InChI=1S/C13H22N4O5/c1-13(2,3)22-12(20)14-6-5-9-10(11(19)21-4)15-16-17(9)7-8-18/h18H,5-8H2,1-4H3,(H,14,20). The van der Waals surface area contributed by atoms with Crippen LogP contribution >= 0.6 is 0 Å². The second kappa shape index (κ2) is 7.74. The molecule has 0 radical (unpaired) electrons. The van der Waals surface area contributed by atoms with Gasteiger partial charge in [0.1, 0.15) is 5.60 Å². The van der Waals surface area contributed by atoms with Crippen molar-refractivity contribution in [3.05, 3.63) is 11.4 Å². The monoisotopic (exact) mass is 314 g/mol. The van der Waals surface area contributed by atoms with Gasteiger partial charge in [-0.25, -0.2) is 14.3 Å². The number of amides is 1. The Labute approximate surface area is 128 Å². The maximum absolute atomic E-state index is 11.6. The highest BCUT2D eigenvalue weighted by Gasteiger charge is 2.21. The van der Waals surface area contributed by atoms with Crippen LogP contribution in [-0.4, -0.2) is 58.0 Å². The van der Waals surface area contributed by atoms with E-state index >= 15 is 0 Å². The molecule has 9 nitrogen and oxygen atoms in total. The van der Waals surface area contributed by atoms with Crippen LogP contribution in [-0.2, 0) is 22.4 Å². The van der Waals surface area contributed by atoms with Crippen molar-refractivity contribution < 1.29 is 24.2 Å². The number of aliphatic hydroxyl groups excluding tert-OH is 1. The summed E-state index contributed by atoms with van der Waals surface area (Å²) in [5.74, 6) is -0.614. The first-order chi connectivity index (χ1) is 10.3. The summed E-state index contributed by atoms with van der Waals surface area (Å²) < 4.78 is 11.2. The fourth-order valence-electron chi connectivity index (χ4n) is 1.71. The number of ether oxygens (including phenoxy) is 2. The number of aromatic nitrogens is 3. The van der Waals surface area contributed by atoms with E-state index in [-0.39, 0.29) is 25.4 Å². The lowest BCUT2D eigenvalue weighted by Crippen LogP contribution is -2.34. The Kier molecular flexibility index (Phi) is 6.29. The molecule has 1 amide bonds. The van der Waals surface area contributed by atoms with Crippen LogP contribution in [0.15, 0.2) is 0 Å². The first kappa shape index (κ1) is 17.9. The van der Waals surface area contributed by atoms with Crippen molar-refractivity contribution in [2.45, 2.75) is 39.3 Å². The molecule has 0 unspecified atom stereocenters. The molecule has 1 aromatic rings. The highest BCUT2D eigenvalue weighted by atomic mass is 16.6. The van der Waals surface area contributed by atoms with Gasteiger partial charge in [0.15, 0.2) is 5.69 Å². The van der Waals surface area contributed by atoms with Crippen LogP contribution in [0.1, 0.15) is 37.0 Å². The SMILES string of the molecule is COC(=O)c1nnn(CCO)c1CCNC(=O)OC(C)(C)C. The normalized spacial score (nSPS) is 11.1. The average molecular weight is 314 g/mol. The first-order valence-electron chi connectivity index (χ1n) is 6.87. The summed E-state index contributed by atoms with van der Waals surface area (Å²) in [5, 5.41) is 19.1. The number of nitrogens with one attached hydrogen (secondary N) is 1. The molecule has 0 atom stereocenters. The summed E-state index contributed by atoms with van der Waals surface area (Å²) in [7, 11) is 1.25. The molecule has 1 rings (SSSR count). The molecular formula is C13H22N4O5. The third-order valence-electron chi connectivity index (χ3n) is 2.56. The Morgan fingerprint density at radius 2 is 2.05 bits per heavy atom. The minimum Gasteiger partial charge on any atom is -0.464 e. The van der Waals surface area contributed by atoms with E-state index in [2.05, 4.69) is 20.4 Å². The molecule has 1 heterocycles. The zero-order chi connectivity index (χ0) is 16.8. The van der Waals surface area contributed by atoms with Gasteiger partial charge in [0.05, 0.1) is 26.0 Å². The van der Waals surface area contributed by atoms with Gasteiger partial charge in [0.2, 0.25) is 0 Å². The van der Waals surface area contributed by atoms with Gasteiger partial charge in [-0.3, -0.25) is 0 Å². The van der Waals surface area contributed by atoms with E-state index in [9.17, 15) is 9.59 Å². The number of aliphatic hydroxyl groups is 1. The Bertz CT molecular complexity index is 521. The molecule has 22 heavy (non-hydrogen) atoms. The number of carbonyl (C=O) groups excluding carboxylic acids is 2. The lowest BCUT2D eigenvalue weighted by molar-refractivity contribution is 0.0528. The predicted molar refractivity (Wildman–Crippen MR) is 76.4 cm³/mol. The van der Waals surface area contributed by atoms with E-state index in [0.717, 1.165) is 0 Å². The Morgan fingerprint density at radius 3 is 2.59 bits per heavy atom. The first-order valence-corrected chi connectivity index (χ1v) is 6.87.